The highest BCUT2D eigenvalue weighted by atomic mass is 32.2. The van der Waals surface area contributed by atoms with Crippen molar-refractivity contribution in [3.63, 3.8) is 0 Å². The number of fused-ring (bicyclic) bond motifs is 1. The van der Waals surface area contributed by atoms with E-state index in [2.05, 4.69) is 5.32 Å². The van der Waals surface area contributed by atoms with Crippen LogP contribution in [-0.4, -0.2) is 31.3 Å². The van der Waals surface area contributed by atoms with Gasteiger partial charge in [0.1, 0.15) is 18.1 Å². The van der Waals surface area contributed by atoms with Crippen LogP contribution >= 0.6 is 11.8 Å². The SMILES string of the molecule is COc1ccc(OC)c(COC(=O)C[C@H]2Sc3ccccc3NC2=O)c1. The fraction of sp³-hybridized carbons (Fsp3) is 0.263. The van der Waals surface area contributed by atoms with E-state index in [1.54, 1.807) is 32.4 Å². The van der Waals surface area contributed by atoms with Crippen LogP contribution in [0.2, 0.25) is 0 Å². The van der Waals surface area contributed by atoms with Crippen molar-refractivity contribution in [3.8, 4) is 11.5 Å². The number of benzene rings is 2. The topological polar surface area (TPSA) is 73.9 Å². The molecule has 1 aliphatic rings. The molecule has 26 heavy (non-hydrogen) atoms. The van der Waals surface area contributed by atoms with Gasteiger partial charge < -0.3 is 19.5 Å². The zero-order valence-electron chi connectivity index (χ0n) is 14.5. The van der Waals surface area contributed by atoms with Crippen LogP contribution in [0.5, 0.6) is 11.5 Å². The smallest absolute Gasteiger partial charge is 0.307 e. The summed E-state index contributed by atoms with van der Waals surface area (Å²) in [4.78, 5) is 25.3. The number of thioether (sulfide) groups is 1. The second kappa shape index (κ2) is 8.14. The first-order valence-electron chi connectivity index (χ1n) is 8.04. The molecule has 1 aliphatic heterocycles. The molecular weight excluding hydrogens is 354 g/mol. The number of ether oxygens (including phenoxy) is 3. The van der Waals surface area contributed by atoms with E-state index < -0.39 is 11.2 Å². The van der Waals surface area contributed by atoms with E-state index in [4.69, 9.17) is 14.2 Å². The third-order valence-electron chi connectivity index (χ3n) is 3.93. The van der Waals surface area contributed by atoms with E-state index in [0.717, 1.165) is 10.6 Å². The van der Waals surface area contributed by atoms with Crippen LogP contribution in [0.1, 0.15) is 12.0 Å². The van der Waals surface area contributed by atoms with Crippen molar-refractivity contribution in [3.05, 3.63) is 48.0 Å². The predicted octanol–water partition coefficient (Wildman–Crippen LogP) is 3.25. The van der Waals surface area contributed by atoms with E-state index in [1.807, 2.05) is 24.3 Å². The number of nitrogens with one attached hydrogen (secondary N) is 1. The summed E-state index contributed by atoms with van der Waals surface area (Å²) >= 11 is 1.37. The number of amides is 1. The Labute approximate surface area is 155 Å². The van der Waals surface area contributed by atoms with Gasteiger partial charge in [-0.2, -0.15) is 0 Å². The van der Waals surface area contributed by atoms with Crippen LogP contribution in [0.3, 0.4) is 0 Å². The Bertz CT molecular complexity index is 823. The quantitative estimate of drug-likeness (QED) is 0.784. The number of rotatable bonds is 6. The summed E-state index contributed by atoms with van der Waals surface area (Å²) in [6, 6.07) is 12.8. The van der Waals surface area contributed by atoms with E-state index in [-0.39, 0.29) is 18.9 Å². The van der Waals surface area contributed by atoms with Crippen LogP contribution in [0.4, 0.5) is 5.69 Å². The van der Waals surface area contributed by atoms with E-state index in [0.29, 0.717) is 17.1 Å². The third kappa shape index (κ3) is 4.11. The van der Waals surface area contributed by atoms with Crippen molar-refractivity contribution in [1.82, 2.24) is 0 Å². The van der Waals surface area contributed by atoms with Crippen LogP contribution in [0.25, 0.3) is 0 Å². The number of para-hydroxylation sites is 1. The highest BCUT2D eigenvalue weighted by molar-refractivity contribution is 8.01. The molecule has 0 fully saturated rings. The first-order valence-corrected chi connectivity index (χ1v) is 8.91. The molecule has 0 radical (unpaired) electrons. The van der Waals surface area contributed by atoms with Gasteiger partial charge in [-0.15, -0.1) is 11.8 Å². The summed E-state index contributed by atoms with van der Waals surface area (Å²) < 4.78 is 15.8. The van der Waals surface area contributed by atoms with Gasteiger partial charge in [0.05, 0.1) is 31.6 Å². The van der Waals surface area contributed by atoms with Crippen LogP contribution < -0.4 is 14.8 Å². The van der Waals surface area contributed by atoms with Crippen molar-refractivity contribution in [2.24, 2.45) is 0 Å². The summed E-state index contributed by atoms with van der Waals surface area (Å²) in [5, 5.41) is 2.31. The Morgan fingerprint density at radius 2 is 1.96 bits per heavy atom. The fourth-order valence-corrected chi connectivity index (χ4v) is 3.69. The first-order chi connectivity index (χ1) is 12.6. The zero-order valence-corrected chi connectivity index (χ0v) is 15.3. The lowest BCUT2D eigenvalue weighted by atomic mass is 10.2. The lowest BCUT2D eigenvalue weighted by Gasteiger charge is -2.23. The molecule has 2 aromatic carbocycles. The summed E-state index contributed by atoms with van der Waals surface area (Å²) in [6.07, 6.45) is -0.00286. The average molecular weight is 373 g/mol. The molecule has 3 rings (SSSR count). The summed E-state index contributed by atoms with van der Waals surface area (Å²) in [6.45, 7) is 0.0504. The number of esters is 1. The van der Waals surface area contributed by atoms with Gasteiger partial charge in [0.2, 0.25) is 5.91 Å². The molecule has 1 N–H and O–H groups in total. The maximum Gasteiger partial charge on any atom is 0.307 e. The molecule has 2 aromatic rings. The van der Waals surface area contributed by atoms with E-state index >= 15 is 0 Å². The second-order valence-corrected chi connectivity index (χ2v) is 6.88. The Balaban J connectivity index is 1.61. The van der Waals surface area contributed by atoms with Gasteiger partial charge in [0.25, 0.3) is 0 Å². The highest BCUT2D eigenvalue weighted by Crippen LogP contribution is 2.36. The lowest BCUT2D eigenvalue weighted by Crippen LogP contribution is -2.31. The molecule has 0 unspecified atom stereocenters. The van der Waals surface area contributed by atoms with Gasteiger partial charge in [-0.3, -0.25) is 9.59 Å². The van der Waals surface area contributed by atoms with E-state index in [1.165, 1.54) is 11.8 Å². The molecule has 1 atom stereocenters. The predicted molar refractivity (Wildman–Crippen MR) is 98.7 cm³/mol. The number of hydrogen-bond donors (Lipinski definition) is 1. The van der Waals surface area contributed by atoms with Gasteiger partial charge in [-0.25, -0.2) is 0 Å². The fourth-order valence-electron chi connectivity index (χ4n) is 2.59. The van der Waals surface area contributed by atoms with Crippen molar-refractivity contribution < 1.29 is 23.8 Å². The number of hydrogen-bond acceptors (Lipinski definition) is 6. The van der Waals surface area contributed by atoms with Crippen molar-refractivity contribution in [1.29, 1.82) is 0 Å². The van der Waals surface area contributed by atoms with Gasteiger partial charge in [-0.1, -0.05) is 12.1 Å². The molecular formula is C19H19NO5S. The van der Waals surface area contributed by atoms with Crippen LogP contribution in [0, 0.1) is 0 Å². The number of anilines is 1. The molecule has 0 aromatic heterocycles. The third-order valence-corrected chi connectivity index (χ3v) is 5.21. The van der Waals surface area contributed by atoms with Gasteiger partial charge >= 0.3 is 5.97 Å². The van der Waals surface area contributed by atoms with Crippen LogP contribution in [-0.2, 0) is 20.9 Å². The molecule has 0 bridgehead atoms. The van der Waals surface area contributed by atoms with Crippen molar-refractivity contribution in [2.75, 3.05) is 19.5 Å². The summed E-state index contributed by atoms with van der Waals surface area (Å²) in [7, 11) is 3.11. The Kier molecular flexibility index (Phi) is 5.68. The maximum absolute atomic E-state index is 12.2. The van der Waals surface area contributed by atoms with Crippen LogP contribution in [0.15, 0.2) is 47.4 Å². The Morgan fingerprint density at radius 3 is 2.73 bits per heavy atom. The summed E-state index contributed by atoms with van der Waals surface area (Å²) in [5.74, 6) is 0.625. The molecule has 1 amide bonds. The van der Waals surface area contributed by atoms with Gasteiger partial charge in [-0.05, 0) is 30.3 Å². The first kappa shape index (κ1) is 18.1. The molecule has 0 saturated carbocycles. The van der Waals surface area contributed by atoms with Gasteiger partial charge in [0.15, 0.2) is 0 Å². The molecule has 0 saturated heterocycles. The number of carbonyl (C=O) groups excluding carboxylic acids is 2. The van der Waals surface area contributed by atoms with Crippen molar-refractivity contribution >= 4 is 29.3 Å². The monoisotopic (exact) mass is 373 g/mol. The average Bonchev–Trinajstić information content (AvgIpc) is 2.66. The standard InChI is InChI=1S/C19H19NO5S/c1-23-13-7-8-15(24-2)12(9-13)11-25-18(21)10-17-19(22)20-14-5-3-4-6-16(14)26-17/h3-9,17H,10-11H2,1-2H3,(H,20,22)/t17-/m1/s1. The molecule has 1 heterocycles. The Morgan fingerprint density at radius 1 is 1.15 bits per heavy atom. The minimum atomic E-state index is -0.510. The second-order valence-electron chi connectivity index (χ2n) is 5.63. The number of methoxy groups -OCH3 is 2. The molecule has 0 spiro atoms. The van der Waals surface area contributed by atoms with Gasteiger partial charge in [0, 0.05) is 10.5 Å². The minimum Gasteiger partial charge on any atom is -0.497 e. The highest BCUT2D eigenvalue weighted by Gasteiger charge is 2.29. The largest absolute Gasteiger partial charge is 0.497 e. The summed E-state index contributed by atoms with van der Waals surface area (Å²) in [5.41, 5.74) is 1.47. The zero-order chi connectivity index (χ0) is 18.5. The minimum absolute atomic E-state index is 0.00286. The molecule has 0 aliphatic carbocycles. The normalized spacial score (nSPS) is 15.6. The molecule has 6 nitrogen and oxygen atoms in total. The number of carbonyl (C=O) groups is 2. The maximum atomic E-state index is 12.2. The lowest BCUT2D eigenvalue weighted by molar-refractivity contribution is -0.145. The van der Waals surface area contributed by atoms with E-state index in [9.17, 15) is 9.59 Å². The molecule has 7 heteroatoms. The molecule has 136 valence electrons. The van der Waals surface area contributed by atoms with Crippen molar-refractivity contribution in [2.45, 2.75) is 23.2 Å². The Hall–Kier alpha value is -2.67.